The second kappa shape index (κ2) is 8.12. The third-order valence-corrected chi connectivity index (χ3v) is 3.77. The van der Waals surface area contributed by atoms with Gasteiger partial charge in [-0.15, -0.1) is 0 Å². The average Bonchev–Trinajstić information content (AvgIpc) is 2.54. The first-order chi connectivity index (χ1) is 10.2. The molecular formula is C16H24N2O3. The molecule has 0 aromatic heterocycles. The predicted octanol–water partition coefficient (Wildman–Crippen LogP) is 0.901. The highest BCUT2D eigenvalue weighted by Gasteiger charge is 2.22. The molecule has 1 atom stereocenters. The standard InChI is InChI=1S/C16H24N2O3/c1-2-21-13-16(20)18-10-8-17(9-11-18)12-15(19)14-6-4-3-5-7-14/h3-7,15,19H,2,8-13H2,1H3. The molecule has 1 amide bonds. The fraction of sp³-hybridized carbons (Fsp3) is 0.562. The molecule has 0 radical (unpaired) electrons. The number of β-amino-alcohol motifs (C(OH)–C–C–N with tert-alkyl or cyclic N) is 1. The first-order valence-electron chi connectivity index (χ1n) is 7.51. The summed E-state index contributed by atoms with van der Waals surface area (Å²) in [6.07, 6.45) is -0.475. The molecule has 0 aliphatic carbocycles. The van der Waals surface area contributed by atoms with E-state index in [-0.39, 0.29) is 12.5 Å². The molecule has 5 nitrogen and oxygen atoms in total. The molecule has 1 aromatic carbocycles. The predicted molar refractivity (Wildman–Crippen MR) is 80.9 cm³/mol. The highest BCUT2D eigenvalue weighted by molar-refractivity contribution is 5.77. The number of aliphatic hydroxyl groups is 1. The fourth-order valence-electron chi connectivity index (χ4n) is 2.49. The van der Waals surface area contributed by atoms with Gasteiger partial charge in [-0.25, -0.2) is 0 Å². The lowest BCUT2D eigenvalue weighted by atomic mass is 10.1. The summed E-state index contributed by atoms with van der Waals surface area (Å²) in [4.78, 5) is 15.9. The molecule has 2 rings (SSSR count). The van der Waals surface area contributed by atoms with Crippen LogP contribution in [0.3, 0.4) is 0 Å². The molecule has 1 saturated heterocycles. The summed E-state index contributed by atoms with van der Waals surface area (Å²) in [7, 11) is 0. The minimum absolute atomic E-state index is 0.0557. The Bertz CT molecular complexity index is 430. The van der Waals surface area contributed by atoms with Gasteiger partial charge in [-0.05, 0) is 12.5 Å². The summed E-state index contributed by atoms with van der Waals surface area (Å²) < 4.78 is 5.15. The Labute approximate surface area is 126 Å². The summed E-state index contributed by atoms with van der Waals surface area (Å²) in [6.45, 7) is 6.22. The van der Waals surface area contributed by atoms with Crippen molar-refractivity contribution in [1.29, 1.82) is 0 Å². The molecule has 1 aliphatic rings. The van der Waals surface area contributed by atoms with E-state index in [1.807, 2.05) is 42.2 Å². The lowest BCUT2D eigenvalue weighted by molar-refractivity contribution is -0.137. The Morgan fingerprint density at radius 1 is 1.24 bits per heavy atom. The molecule has 0 bridgehead atoms. The number of hydrogen-bond donors (Lipinski definition) is 1. The van der Waals surface area contributed by atoms with Crippen LogP contribution in [0.1, 0.15) is 18.6 Å². The van der Waals surface area contributed by atoms with Crippen LogP contribution in [0.4, 0.5) is 0 Å². The number of rotatable bonds is 6. The average molecular weight is 292 g/mol. The summed E-state index contributed by atoms with van der Waals surface area (Å²) >= 11 is 0. The van der Waals surface area contributed by atoms with Gasteiger partial charge in [0.15, 0.2) is 0 Å². The monoisotopic (exact) mass is 292 g/mol. The number of hydrogen-bond acceptors (Lipinski definition) is 4. The van der Waals surface area contributed by atoms with Gasteiger partial charge in [0, 0.05) is 39.3 Å². The van der Waals surface area contributed by atoms with E-state index in [1.165, 1.54) is 0 Å². The van der Waals surface area contributed by atoms with Gasteiger partial charge >= 0.3 is 0 Å². The number of benzene rings is 1. The second-order valence-electron chi connectivity index (χ2n) is 5.25. The van der Waals surface area contributed by atoms with Crippen LogP contribution in [-0.4, -0.2) is 66.8 Å². The molecule has 1 unspecified atom stereocenters. The Hall–Kier alpha value is -1.43. The fourth-order valence-corrected chi connectivity index (χ4v) is 2.49. The Kier molecular flexibility index (Phi) is 6.17. The number of nitrogens with zero attached hydrogens (tertiary/aromatic N) is 2. The molecule has 0 saturated carbocycles. The van der Waals surface area contributed by atoms with Gasteiger partial charge in [0.2, 0.25) is 5.91 Å². The highest BCUT2D eigenvalue weighted by Crippen LogP contribution is 2.14. The summed E-state index contributed by atoms with van der Waals surface area (Å²) in [5.74, 6) is 0.0557. The number of amides is 1. The van der Waals surface area contributed by atoms with Crippen LogP contribution in [0.2, 0.25) is 0 Å². The minimum atomic E-state index is -0.475. The van der Waals surface area contributed by atoms with Crippen molar-refractivity contribution in [2.24, 2.45) is 0 Å². The minimum Gasteiger partial charge on any atom is -0.387 e. The molecule has 116 valence electrons. The van der Waals surface area contributed by atoms with E-state index in [1.54, 1.807) is 0 Å². The van der Waals surface area contributed by atoms with Gasteiger partial charge in [-0.2, -0.15) is 0 Å². The van der Waals surface area contributed by atoms with E-state index in [2.05, 4.69) is 4.90 Å². The maximum Gasteiger partial charge on any atom is 0.248 e. The lowest BCUT2D eigenvalue weighted by Gasteiger charge is -2.35. The van der Waals surface area contributed by atoms with E-state index in [4.69, 9.17) is 4.74 Å². The second-order valence-corrected chi connectivity index (χ2v) is 5.25. The highest BCUT2D eigenvalue weighted by atomic mass is 16.5. The van der Waals surface area contributed by atoms with E-state index in [0.717, 1.165) is 18.7 Å². The van der Waals surface area contributed by atoms with Gasteiger partial charge in [0.25, 0.3) is 0 Å². The van der Waals surface area contributed by atoms with Crippen molar-refractivity contribution in [3.63, 3.8) is 0 Å². The van der Waals surface area contributed by atoms with Crippen molar-refractivity contribution < 1.29 is 14.6 Å². The third kappa shape index (κ3) is 4.81. The first-order valence-corrected chi connectivity index (χ1v) is 7.51. The van der Waals surface area contributed by atoms with E-state index in [9.17, 15) is 9.90 Å². The zero-order chi connectivity index (χ0) is 15.1. The molecule has 5 heteroatoms. The topological polar surface area (TPSA) is 53.0 Å². The Morgan fingerprint density at radius 2 is 1.90 bits per heavy atom. The molecule has 1 aliphatic heterocycles. The maximum atomic E-state index is 11.8. The van der Waals surface area contributed by atoms with Crippen LogP contribution in [0, 0.1) is 0 Å². The van der Waals surface area contributed by atoms with Gasteiger partial charge in [-0.1, -0.05) is 30.3 Å². The number of ether oxygens (including phenoxy) is 1. The Morgan fingerprint density at radius 3 is 2.52 bits per heavy atom. The smallest absolute Gasteiger partial charge is 0.248 e. The summed E-state index contributed by atoms with van der Waals surface area (Å²) in [6, 6.07) is 9.68. The molecular weight excluding hydrogens is 268 g/mol. The van der Waals surface area contributed by atoms with Crippen LogP contribution in [0.5, 0.6) is 0 Å². The lowest BCUT2D eigenvalue weighted by Crippen LogP contribution is -2.50. The first kappa shape index (κ1) is 15.9. The molecule has 1 fully saturated rings. The number of piperazine rings is 1. The normalized spacial score (nSPS) is 17.7. The number of carbonyl (C=O) groups excluding carboxylic acids is 1. The third-order valence-electron chi connectivity index (χ3n) is 3.77. The SMILES string of the molecule is CCOCC(=O)N1CCN(CC(O)c2ccccc2)CC1. The maximum absolute atomic E-state index is 11.8. The molecule has 1 aromatic rings. The molecule has 1 N–H and O–H groups in total. The zero-order valence-electron chi connectivity index (χ0n) is 12.6. The largest absolute Gasteiger partial charge is 0.387 e. The van der Waals surface area contributed by atoms with Crippen LogP contribution in [0.25, 0.3) is 0 Å². The van der Waals surface area contributed by atoms with Crippen LogP contribution in [0.15, 0.2) is 30.3 Å². The van der Waals surface area contributed by atoms with Crippen LogP contribution in [-0.2, 0) is 9.53 Å². The van der Waals surface area contributed by atoms with Gasteiger partial charge < -0.3 is 14.7 Å². The molecule has 1 heterocycles. The van der Waals surface area contributed by atoms with Crippen LogP contribution >= 0.6 is 0 Å². The molecule has 21 heavy (non-hydrogen) atoms. The number of aliphatic hydroxyl groups excluding tert-OH is 1. The van der Waals surface area contributed by atoms with Crippen molar-refractivity contribution in [3.8, 4) is 0 Å². The van der Waals surface area contributed by atoms with Crippen LogP contribution < -0.4 is 0 Å². The van der Waals surface area contributed by atoms with Crippen molar-refractivity contribution in [2.75, 3.05) is 45.9 Å². The van der Waals surface area contributed by atoms with Crippen molar-refractivity contribution >= 4 is 5.91 Å². The number of carbonyl (C=O) groups is 1. The van der Waals surface area contributed by atoms with E-state index in [0.29, 0.717) is 26.2 Å². The van der Waals surface area contributed by atoms with Crippen molar-refractivity contribution in [1.82, 2.24) is 9.80 Å². The van der Waals surface area contributed by atoms with Gasteiger partial charge in [-0.3, -0.25) is 9.69 Å². The van der Waals surface area contributed by atoms with Crippen molar-refractivity contribution in [3.05, 3.63) is 35.9 Å². The van der Waals surface area contributed by atoms with Gasteiger partial charge in [0.05, 0.1) is 6.10 Å². The summed E-state index contributed by atoms with van der Waals surface area (Å²) in [5.41, 5.74) is 0.937. The van der Waals surface area contributed by atoms with Crippen molar-refractivity contribution in [2.45, 2.75) is 13.0 Å². The Balaban J connectivity index is 1.75. The van der Waals surface area contributed by atoms with E-state index >= 15 is 0 Å². The zero-order valence-corrected chi connectivity index (χ0v) is 12.6. The van der Waals surface area contributed by atoms with Gasteiger partial charge in [0.1, 0.15) is 6.61 Å². The van der Waals surface area contributed by atoms with E-state index < -0.39 is 6.10 Å². The quantitative estimate of drug-likeness (QED) is 0.846. The molecule has 0 spiro atoms. The summed E-state index contributed by atoms with van der Waals surface area (Å²) in [5, 5.41) is 10.2.